The van der Waals surface area contributed by atoms with Crippen molar-refractivity contribution in [3.05, 3.63) is 0 Å². The second-order valence-electron chi connectivity index (χ2n) is 17.2. The van der Waals surface area contributed by atoms with Gasteiger partial charge < -0.3 is 24.6 Å². The Bertz CT molecular complexity index is 951. The van der Waals surface area contributed by atoms with Crippen LogP contribution in [-0.4, -0.2) is 65.7 Å². The number of phosphoric acid groups is 1. The zero-order valence-electron chi connectivity index (χ0n) is 38.5. The fourth-order valence-corrected chi connectivity index (χ4v) is 8.26. The SMILES string of the molecule is CCCCCCCCCCCCCCCCCCCCCC(=O)OC(CO)COP(=O)(O)OCC(CO)OC(=O)CCCCCCCCCCCCCCCCCCC. The van der Waals surface area contributed by atoms with Crippen molar-refractivity contribution in [2.75, 3.05) is 26.4 Å². The van der Waals surface area contributed by atoms with Gasteiger partial charge in [-0.25, -0.2) is 4.57 Å². The first-order chi connectivity index (χ1) is 28.8. The number of ether oxygens (including phenoxy) is 2. The first-order valence-electron chi connectivity index (χ1n) is 25.0. The number of unbranched alkanes of at least 4 members (excludes halogenated alkanes) is 34. The number of aliphatic hydroxyl groups excluding tert-OH is 2. The highest BCUT2D eigenvalue weighted by Gasteiger charge is 2.27. The molecule has 0 heterocycles. The van der Waals surface area contributed by atoms with E-state index >= 15 is 0 Å². The fourth-order valence-electron chi connectivity index (χ4n) is 7.47. The third-order valence-corrected chi connectivity index (χ3v) is 12.3. The molecule has 352 valence electrons. The van der Waals surface area contributed by atoms with E-state index in [-0.39, 0.29) is 12.8 Å². The lowest BCUT2D eigenvalue weighted by atomic mass is 10.0. The quantitative estimate of drug-likeness (QED) is 0.0306. The molecule has 0 fully saturated rings. The Morgan fingerprint density at radius 2 is 0.593 bits per heavy atom. The number of phosphoric ester groups is 1. The molecule has 0 aromatic rings. The minimum atomic E-state index is -4.63. The Morgan fingerprint density at radius 1 is 0.390 bits per heavy atom. The van der Waals surface area contributed by atoms with E-state index in [1.165, 1.54) is 180 Å². The highest BCUT2D eigenvalue weighted by molar-refractivity contribution is 7.47. The Hall–Kier alpha value is -1.03. The molecule has 0 spiro atoms. The summed E-state index contributed by atoms with van der Waals surface area (Å²) in [5.41, 5.74) is 0. The minimum Gasteiger partial charge on any atom is -0.457 e. The van der Waals surface area contributed by atoms with E-state index in [1.54, 1.807) is 0 Å². The van der Waals surface area contributed by atoms with E-state index in [0.29, 0.717) is 12.8 Å². The van der Waals surface area contributed by atoms with Gasteiger partial charge in [0.2, 0.25) is 0 Å². The van der Waals surface area contributed by atoms with Crippen LogP contribution in [0.4, 0.5) is 0 Å². The average Bonchev–Trinajstić information content (AvgIpc) is 3.22. The van der Waals surface area contributed by atoms with Gasteiger partial charge in [-0.1, -0.05) is 232 Å². The predicted octanol–water partition coefficient (Wildman–Crippen LogP) is 13.8. The van der Waals surface area contributed by atoms with Gasteiger partial charge in [-0.05, 0) is 12.8 Å². The van der Waals surface area contributed by atoms with Crippen LogP contribution in [0.3, 0.4) is 0 Å². The number of hydrogen-bond donors (Lipinski definition) is 3. The molecule has 0 aromatic carbocycles. The molecule has 10 nitrogen and oxygen atoms in total. The van der Waals surface area contributed by atoms with Gasteiger partial charge in [-0.15, -0.1) is 0 Å². The van der Waals surface area contributed by atoms with E-state index in [4.69, 9.17) is 18.5 Å². The summed E-state index contributed by atoms with van der Waals surface area (Å²) < 4.78 is 32.7. The summed E-state index contributed by atoms with van der Waals surface area (Å²) in [6, 6.07) is 0. The zero-order chi connectivity index (χ0) is 43.3. The van der Waals surface area contributed by atoms with E-state index in [9.17, 15) is 29.3 Å². The highest BCUT2D eigenvalue weighted by Crippen LogP contribution is 2.43. The minimum absolute atomic E-state index is 0.200. The molecule has 11 heteroatoms. The molecule has 0 rings (SSSR count). The van der Waals surface area contributed by atoms with E-state index in [2.05, 4.69) is 13.8 Å². The molecule has 59 heavy (non-hydrogen) atoms. The maximum atomic E-state index is 12.4. The Labute approximate surface area is 363 Å². The molecule has 0 radical (unpaired) electrons. The third kappa shape index (κ3) is 43.4. The molecular weight excluding hydrogens is 767 g/mol. The van der Waals surface area contributed by atoms with Crippen LogP contribution < -0.4 is 0 Å². The van der Waals surface area contributed by atoms with Crippen LogP contribution in [0.25, 0.3) is 0 Å². The summed E-state index contributed by atoms with van der Waals surface area (Å²) in [5, 5.41) is 19.2. The molecule has 0 aliphatic heterocycles. The summed E-state index contributed by atoms with van der Waals surface area (Å²) in [5.74, 6) is -1.00. The van der Waals surface area contributed by atoms with Crippen molar-refractivity contribution >= 4 is 19.8 Å². The van der Waals surface area contributed by atoms with E-state index < -0.39 is 58.4 Å². The standard InChI is InChI=1S/C48H95O10P/c1-3-5-7-9-11-13-15-17-19-21-22-24-26-28-30-32-34-36-38-40-48(52)58-46(42-50)44-56-59(53,54)55-43-45(41-49)57-47(51)39-37-35-33-31-29-27-25-23-20-18-16-14-12-10-8-6-4-2/h45-46,49-50H,3-44H2,1-2H3,(H,53,54). The smallest absolute Gasteiger partial charge is 0.457 e. The number of carbonyl (C=O) groups excluding carboxylic acids is 2. The molecule has 0 aliphatic carbocycles. The summed E-state index contributed by atoms with van der Waals surface area (Å²) in [7, 11) is -4.63. The van der Waals surface area contributed by atoms with Crippen molar-refractivity contribution in [3.8, 4) is 0 Å². The van der Waals surface area contributed by atoms with Crippen molar-refractivity contribution < 1.29 is 47.8 Å². The Morgan fingerprint density at radius 3 is 0.797 bits per heavy atom. The van der Waals surface area contributed by atoms with Gasteiger partial charge in [-0.2, -0.15) is 0 Å². The normalized spacial score (nSPS) is 13.6. The molecular formula is C48H95O10P. The number of carbonyl (C=O) groups is 2. The molecule has 0 aliphatic rings. The molecule has 3 N–H and O–H groups in total. The fraction of sp³-hybridized carbons (Fsp3) is 0.958. The lowest BCUT2D eigenvalue weighted by Gasteiger charge is -2.20. The van der Waals surface area contributed by atoms with Crippen LogP contribution in [0.2, 0.25) is 0 Å². The molecule has 0 amide bonds. The Kier molecular flexibility index (Phi) is 44.2. The van der Waals surface area contributed by atoms with Crippen molar-refractivity contribution in [1.82, 2.24) is 0 Å². The summed E-state index contributed by atoms with van der Waals surface area (Å²) >= 11 is 0. The lowest BCUT2D eigenvalue weighted by Crippen LogP contribution is -2.28. The maximum Gasteiger partial charge on any atom is 0.472 e. The van der Waals surface area contributed by atoms with Gasteiger partial charge >= 0.3 is 19.8 Å². The van der Waals surface area contributed by atoms with E-state index in [1.807, 2.05) is 0 Å². The van der Waals surface area contributed by atoms with Gasteiger partial charge in [0.1, 0.15) is 12.2 Å². The first kappa shape index (κ1) is 58.0. The van der Waals surface area contributed by atoms with Gasteiger partial charge in [0.15, 0.2) is 0 Å². The van der Waals surface area contributed by atoms with E-state index in [0.717, 1.165) is 38.5 Å². The first-order valence-corrected chi connectivity index (χ1v) is 26.5. The Balaban J connectivity index is 3.80. The number of aliphatic hydroxyl groups is 2. The van der Waals surface area contributed by atoms with Crippen LogP contribution in [0, 0.1) is 0 Å². The van der Waals surface area contributed by atoms with Crippen molar-refractivity contribution in [2.24, 2.45) is 0 Å². The second-order valence-corrected chi connectivity index (χ2v) is 18.6. The van der Waals surface area contributed by atoms with Crippen molar-refractivity contribution in [1.29, 1.82) is 0 Å². The van der Waals surface area contributed by atoms with Crippen LogP contribution in [0.5, 0.6) is 0 Å². The summed E-state index contributed by atoms with van der Waals surface area (Å²) in [6.45, 7) is 2.28. The molecule has 3 unspecified atom stereocenters. The molecule has 3 atom stereocenters. The van der Waals surface area contributed by atoms with Crippen molar-refractivity contribution in [3.63, 3.8) is 0 Å². The van der Waals surface area contributed by atoms with Crippen LogP contribution in [0.15, 0.2) is 0 Å². The van der Waals surface area contributed by atoms with Gasteiger partial charge in [0.25, 0.3) is 0 Å². The number of rotatable bonds is 48. The predicted molar refractivity (Wildman–Crippen MR) is 242 cm³/mol. The lowest BCUT2D eigenvalue weighted by molar-refractivity contribution is -0.153. The highest BCUT2D eigenvalue weighted by atomic mass is 31.2. The van der Waals surface area contributed by atoms with Gasteiger partial charge in [0.05, 0.1) is 26.4 Å². The van der Waals surface area contributed by atoms with Crippen LogP contribution in [-0.2, 0) is 32.7 Å². The zero-order valence-corrected chi connectivity index (χ0v) is 39.4. The van der Waals surface area contributed by atoms with Crippen LogP contribution in [0.1, 0.15) is 258 Å². The topological polar surface area (TPSA) is 149 Å². The maximum absolute atomic E-state index is 12.4. The van der Waals surface area contributed by atoms with Crippen LogP contribution >= 0.6 is 7.82 Å². The van der Waals surface area contributed by atoms with Gasteiger partial charge in [0, 0.05) is 12.8 Å². The summed E-state index contributed by atoms with van der Waals surface area (Å²) in [4.78, 5) is 34.6. The van der Waals surface area contributed by atoms with Crippen molar-refractivity contribution in [2.45, 2.75) is 270 Å². The molecule has 0 saturated carbocycles. The number of esters is 2. The summed E-state index contributed by atoms with van der Waals surface area (Å²) in [6.07, 6.45) is 43.6. The molecule has 0 saturated heterocycles. The average molecular weight is 863 g/mol. The second kappa shape index (κ2) is 45.0. The third-order valence-electron chi connectivity index (χ3n) is 11.3. The molecule has 0 bridgehead atoms. The monoisotopic (exact) mass is 863 g/mol. The molecule has 0 aromatic heterocycles. The van der Waals surface area contributed by atoms with Gasteiger partial charge in [-0.3, -0.25) is 18.6 Å². The largest absolute Gasteiger partial charge is 0.472 e. The number of hydrogen-bond acceptors (Lipinski definition) is 9.